The Kier molecular flexibility index (Phi) is 4.41. The summed E-state index contributed by atoms with van der Waals surface area (Å²) in [4.78, 5) is 26.2. The van der Waals surface area contributed by atoms with Crippen molar-refractivity contribution >= 4 is 23.0 Å². The van der Waals surface area contributed by atoms with Gasteiger partial charge in [0.05, 0.1) is 5.56 Å². The first kappa shape index (κ1) is 15.2. The molecule has 0 saturated carbocycles. The summed E-state index contributed by atoms with van der Waals surface area (Å²) >= 11 is 0. The van der Waals surface area contributed by atoms with Gasteiger partial charge in [0.2, 0.25) is 0 Å². The SMILES string of the molecule is CC(C)N(C(=O)c1c(C=O)ccc2ccccc12)C(C)C. The first-order valence-electron chi connectivity index (χ1n) is 7.27. The molecule has 0 radical (unpaired) electrons. The third-order valence-electron chi connectivity index (χ3n) is 3.65. The van der Waals surface area contributed by atoms with Crippen molar-refractivity contribution in [3.63, 3.8) is 0 Å². The minimum atomic E-state index is -0.0844. The largest absolute Gasteiger partial charge is 0.334 e. The maximum Gasteiger partial charge on any atom is 0.255 e. The zero-order valence-corrected chi connectivity index (χ0v) is 13.0. The maximum atomic E-state index is 13.0. The van der Waals surface area contributed by atoms with E-state index in [0.29, 0.717) is 11.1 Å². The lowest BCUT2D eigenvalue weighted by Crippen LogP contribution is -2.42. The second-order valence-electron chi connectivity index (χ2n) is 5.77. The third kappa shape index (κ3) is 2.82. The predicted molar refractivity (Wildman–Crippen MR) is 85.8 cm³/mol. The third-order valence-corrected chi connectivity index (χ3v) is 3.65. The van der Waals surface area contributed by atoms with Crippen LogP contribution in [0.1, 0.15) is 48.4 Å². The van der Waals surface area contributed by atoms with Gasteiger partial charge in [-0.1, -0.05) is 36.4 Å². The Morgan fingerprint density at radius 2 is 1.62 bits per heavy atom. The highest BCUT2D eigenvalue weighted by molar-refractivity contribution is 6.12. The van der Waals surface area contributed by atoms with Crippen LogP contribution in [-0.4, -0.2) is 29.2 Å². The molecule has 0 aromatic heterocycles. The fourth-order valence-corrected chi connectivity index (χ4v) is 2.82. The molecule has 0 aliphatic rings. The molecule has 3 nitrogen and oxygen atoms in total. The molecule has 0 unspecified atom stereocenters. The summed E-state index contributed by atoms with van der Waals surface area (Å²) in [6.45, 7) is 7.96. The van der Waals surface area contributed by atoms with E-state index in [1.807, 2.05) is 62.9 Å². The van der Waals surface area contributed by atoms with Crippen molar-refractivity contribution in [2.24, 2.45) is 0 Å². The van der Waals surface area contributed by atoms with Gasteiger partial charge in [-0.3, -0.25) is 9.59 Å². The van der Waals surface area contributed by atoms with Crippen molar-refractivity contribution in [3.05, 3.63) is 47.5 Å². The van der Waals surface area contributed by atoms with Crippen molar-refractivity contribution < 1.29 is 9.59 Å². The second-order valence-corrected chi connectivity index (χ2v) is 5.77. The summed E-state index contributed by atoms with van der Waals surface area (Å²) in [6.07, 6.45) is 0.762. The van der Waals surface area contributed by atoms with Gasteiger partial charge in [0.25, 0.3) is 5.91 Å². The smallest absolute Gasteiger partial charge is 0.255 e. The summed E-state index contributed by atoms with van der Waals surface area (Å²) < 4.78 is 0. The van der Waals surface area contributed by atoms with Crippen LogP contribution in [0, 0.1) is 0 Å². The van der Waals surface area contributed by atoms with Crippen molar-refractivity contribution in [2.45, 2.75) is 39.8 Å². The molecule has 0 fully saturated rings. The van der Waals surface area contributed by atoms with Crippen molar-refractivity contribution in [2.75, 3.05) is 0 Å². The molecule has 0 saturated heterocycles. The molecule has 0 bridgehead atoms. The molecular formula is C18H21NO2. The van der Waals surface area contributed by atoms with E-state index in [2.05, 4.69) is 0 Å². The highest BCUT2D eigenvalue weighted by atomic mass is 16.2. The molecule has 0 heterocycles. The maximum absolute atomic E-state index is 13.0. The molecule has 2 aromatic rings. The van der Waals surface area contributed by atoms with Gasteiger partial charge in [-0.05, 0) is 38.5 Å². The summed E-state index contributed by atoms with van der Waals surface area (Å²) in [5, 5.41) is 1.80. The molecule has 0 aliphatic carbocycles. The Labute approximate surface area is 125 Å². The minimum Gasteiger partial charge on any atom is -0.334 e. The van der Waals surface area contributed by atoms with Crippen molar-refractivity contribution in [3.8, 4) is 0 Å². The number of rotatable bonds is 4. The molecule has 0 spiro atoms. The van der Waals surface area contributed by atoms with Gasteiger partial charge in [-0.25, -0.2) is 0 Å². The number of benzene rings is 2. The normalized spacial score (nSPS) is 11.1. The standard InChI is InChI=1S/C18H21NO2/c1-12(2)19(13(3)4)18(21)17-15(11-20)10-9-14-7-5-6-8-16(14)17/h5-13H,1-4H3. The summed E-state index contributed by atoms with van der Waals surface area (Å²) in [7, 11) is 0. The van der Waals surface area contributed by atoms with Gasteiger partial charge in [-0.2, -0.15) is 0 Å². The molecule has 0 aliphatic heterocycles. The fourth-order valence-electron chi connectivity index (χ4n) is 2.82. The predicted octanol–water partition coefficient (Wildman–Crippen LogP) is 3.91. The van der Waals surface area contributed by atoms with Crippen LogP contribution in [-0.2, 0) is 0 Å². The zero-order valence-electron chi connectivity index (χ0n) is 13.0. The van der Waals surface area contributed by atoms with Gasteiger partial charge < -0.3 is 4.90 Å². The molecule has 3 heteroatoms. The highest BCUT2D eigenvalue weighted by Gasteiger charge is 2.25. The molecule has 2 aromatic carbocycles. The Bertz CT molecular complexity index is 666. The Hall–Kier alpha value is -2.16. The monoisotopic (exact) mass is 283 g/mol. The van der Waals surface area contributed by atoms with Crippen LogP contribution in [0.2, 0.25) is 0 Å². The van der Waals surface area contributed by atoms with Crippen LogP contribution in [0.5, 0.6) is 0 Å². The Morgan fingerprint density at radius 1 is 1.00 bits per heavy atom. The van der Waals surface area contributed by atoms with Gasteiger partial charge in [0.1, 0.15) is 0 Å². The van der Waals surface area contributed by atoms with Crippen molar-refractivity contribution in [1.29, 1.82) is 0 Å². The van der Waals surface area contributed by atoms with E-state index < -0.39 is 0 Å². The second kappa shape index (κ2) is 6.08. The van der Waals surface area contributed by atoms with Crippen LogP contribution in [0.4, 0.5) is 0 Å². The molecule has 0 atom stereocenters. The van der Waals surface area contributed by atoms with E-state index in [1.165, 1.54) is 0 Å². The average Bonchev–Trinajstić information content (AvgIpc) is 2.45. The topological polar surface area (TPSA) is 37.4 Å². The van der Waals surface area contributed by atoms with Crippen LogP contribution in [0.25, 0.3) is 10.8 Å². The van der Waals surface area contributed by atoms with E-state index in [0.717, 1.165) is 17.1 Å². The summed E-state index contributed by atoms with van der Waals surface area (Å²) in [6, 6.07) is 11.4. The van der Waals surface area contributed by atoms with Gasteiger partial charge >= 0.3 is 0 Å². The quantitative estimate of drug-likeness (QED) is 0.798. The van der Waals surface area contributed by atoms with Gasteiger partial charge in [0.15, 0.2) is 6.29 Å². The van der Waals surface area contributed by atoms with Crippen LogP contribution < -0.4 is 0 Å². The van der Waals surface area contributed by atoms with Crippen molar-refractivity contribution in [1.82, 2.24) is 4.90 Å². The van der Waals surface area contributed by atoms with E-state index in [1.54, 1.807) is 6.07 Å². The number of hydrogen-bond donors (Lipinski definition) is 0. The van der Waals surface area contributed by atoms with Gasteiger partial charge in [0, 0.05) is 17.6 Å². The van der Waals surface area contributed by atoms with E-state index in [9.17, 15) is 9.59 Å². The summed E-state index contributed by atoms with van der Waals surface area (Å²) in [5.41, 5.74) is 0.954. The summed E-state index contributed by atoms with van der Waals surface area (Å²) in [5.74, 6) is -0.0844. The van der Waals surface area contributed by atoms with Gasteiger partial charge in [-0.15, -0.1) is 0 Å². The molecule has 2 rings (SSSR count). The van der Waals surface area contributed by atoms with E-state index >= 15 is 0 Å². The zero-order chi connectivity index (χ0) is 15.6. The Morgan fingerprint density at radius 3 is 2.19 bits per heavy atom. The molecular weight excluding hydrogens is 262 g/mol. The number of carbonyl (C=O) groups excluding carboxylic acids is 2. The number of fused-ring (bicyclic) bond motifs is 1. The Balaban J connectivity index is 2.68. The van der Waals surface area contributed by atoms with E-state index in [-0.39, 0.29) is 18.0 Å². The number of carbonyl (C=O) groups is 2. The van der Waals surface area contributed by atoms with Crippen LogP contribution in [0.15, 0.2) is 36.4 Å². The molecule has 21 heavy (non-hydrogen) atoms. The minimum absolute atomic E-state index is 0.0796. The van der Waals surface area contributed by atoms with E-state index in [4.69, 9.17) is 0 Å². The average molecular weight is 283 g/mol. The first-order valence-corrected chi connectivity index (χ1v) is 7.27. The lowest BCUT2D eigenvalue weighted by atomic mass is 9.97. The van der Waals surface area contributed by atoms with Crippen LogP contribution >= 0.6 is 0 Å². The molecule has 1 amide bonds. The first-order chi connectivity index (χ1) is 9.97. The number of amides is 1. The number of nitrogens with zero attached hydrogens (tertiary/aromatic N) is 1. The highest BCUT2D eigenvalue weighted by Crippen LogP contribution is 2.24. The number of aldehydes is 1. The molecule has 110 valence electrons. The lowest BCUT2D eigenvalue weighted by Gasteiger charge is -2.31. The van der Waals surface area contributed by atoms with Crippen LogP contribution in [0.3, 0.4) is 0 Å². The lowest BCUT2D eigenvalue weighted by molar-refractivity contribution is 0.0643. The number of hydrogen-bond acceptors (Lipinski definition) is 2. The fraction of sp³-hybridized carbons (Fsp3) is 0.333. The molecule has 0 N–H and O–H groups in total.